The summed E-state index contributed by atoms with van der Waals surface area (Å²) in [5.74, 6) is 0.116. The Hall–Kier alpha value is -1.62. The average molecular weight is 413 g/mol. The summed E-state index contributed by atoms with van der Waals surface area (Å²) in [6.45, 7) is 10.7. The van der Waals surface area contributed by atoms with Crippen molar-refractivity contribution in [3.05, 3.63) is 52.3 Å². The highest BCUT2D eigenvalue weighted by Gasteiger charge is 2.24. The standard InChI is InChI=1S/C21H28N2O2.2ClH/c1-6-25-21(24)19-15(5)23-18(11-13(2)3)17(12-22)20(19)16-9-7-14(4)8-10-16;;/h7-10,13H,6,11-12,22H2,1-5H3;2*1H. The van der Waals surface area contributed by atoms with Gasteiger partial charge in [-0.25, -0.2) is 4.79 Å². The van der Waals surface area contributed by atoms with Gasteiger partial charge in [0.1, 0.15) is 0 Å². The molecule has 0 saturated carbocycles. The van der Waals surface area contributed by atoms with E-state index in [0.717, 1.165) is 28.8 Å². The minimum absolute atomic E-state index is 0. The number of carbonyl (C=O) groups excluding carboxylic acids is 1. The molecule has 0 atom stereocenters. The van der Waals surface area contributed by atoms with Crippen molar-refractivity contribution in [2.75, 3.05) is 6.61 Å². The maximum atomic E-state index is 12.6. The lowest BCUT2D eigenvalue weighted by molar-refractivity contribution is 0.0525. The molecule has 1 heterocycles. The molecule has 1 aromatic carbocycles. The van der Waals surface area contributed by atoms with Crippen molar-refractivity contribution in [1.82, 2.24) is 4.98 Å². The molecule has 6 heteroatoms. The molecule has 0 amide bonds. The first-order chi connectivity index (χ1) is 11.9. The van der Waals surface area contributed by atoms with Gasteiger partial charge in [-0.05, 0) is 44.2 Å². The fraction of sp³-hybridized carbons (Fsp3) is 0.429. The van der Waals surface area contributed by atoms with Crippen molar-refractivity contribution in [1.29, 1.82) is 0 Å². The summed E-state index contributed by atoms with van der Waals surface area (Å²) in [7, 11) is 0. The van der Waals surface area contributed by atoms with Crippen molar-refractivity contribution in [3.63, 3.8) is 0 Å². The lowest BCUT2D eigenvalue weighted by Gasteiger charge is -2.20. The summed E-state index contributed by atoms with van der Waals surface area (Å²) >= 11 is 0. The third kappa shape index (κ3) is 5.93. The number of benzene rings is 1. The zero-order chi connectivity index (χ0) is 18.6. The van der Waals surface area contributed by atoms with Crippen LogP contribution in [0.4, 0.5) is 0 Å². The van der Waals surface area contributed by atoms with E-state index in [0.29, 0.717) is 30.3 Å². The van der Waals surface area contributed by atoms with Gasteiger partial charge < -0.3 is 10.5 Å². The molecule has 2 aromatic rings. The predicted molar refractivity (Wildman–Crippen MR) is 116 cm³/mol. The van der Waals surface area contributed by atoms with Crippen molar-refractivity contribution in [2.45, 2.75) is 47.6 Å². The van der Waals surface area contributed by atoms with Crippen LogP contribution in [0.25, 0.3) is 11.1 Å². The molecule has 2 N–H and O–H groups in total. The van der Waals surface area contributed by atoms with Gasteiger partial charge in [-0.15, -0.1) is 24.8 Å². The van der Waals surface area contributed by atoms with E-state index in [1.54, 1.807) is 0 Å². The Bertz CT molecular complexity index is 760. The lowest BCUT2D eigenvalue weighted by Crippen LogP contribution is -2.17. The van der Waals surface area contributed by atoms with Crippen LogP contribution in [0.5, 0.6) is 0 Å². The SMILES string of the molecule is CCOC(=O)c1c(C)nc(CC(C)C)c(CN)c1-c1ccc(C)cc1.Cl.Cl. The van der Waals surface area contributed by atoms with Crippen LogP contribution < -0.4 is 5.73 Å². The number of hydrogen-bond acceptors (Lipinski definition) is 4. The third-order valence-electron chi connectivity index (χ3n) is 4.19. The maximum Gasteiger partial charge on any atom is 0.340 e. The number of ether oxygens (including phenoxy) is 1. The number of aromatic nitrogens is 1. The summed E-state index contributed by atoms with van der Waals surface area (Å²) in [5, 5.41) is 0. The van der Waals surface area contributed by atoms with Crippen LogP contribution in [0.3, 0.4) is 0 Å². The Morgan fingerprint density at radius 1 is 1.15 bits per heavy atom. The Labute approximate surface area is 174 Å². The molecule has 0 bridgehead atoms. The second-order valence-electron chi connectivity index (χ2n) is 6.76. The van der Waals surface area contributed by atoms with E-state index in [-0.39, 0.29) is 30.8 Å². The molecule has 27 heavy (non-hydrogen) atoms. The van der Waals surface area contributed by atoms with E-state index >= 15 is 0 Å². The second kappa shape index (κ2) is 11.3. The van der Waals surface area contributed by atoms with E-state index in [1.165, 1.54) is 5.56 Å². The first-order valence-electron chi connectivity index (χ1n) is 8.85. The fourth-order valence-corrected chi connectivity index (χ4v) is 3.07. The summed E-state index contributed by atoms with van der Waals surface area (Å²) in [4.78, 5) is 17.3. The number of halogens is 2. The largest absolute Gasteiger partial charge is 0.462 e. The number of esters is 1. The number of rotatable bonds is 6. The summed E-state index contributed by atoms with van der Waals surface area (Å²) in [6, 6.07) is 8.15. The Morgan fingerprint density at radius 2 is 1.74 bits per heavy atom. The van der Waals surface area contributed by atoms with E-state index in [2.05, 4.69) is 13.8 Å². The van der Waals surface area contributed by atoms with Gasteiger partial charge >= 0.3 is 5.97 Å². The number of nitrogens with zero attached hydrogens (tertiary/aromatic N) is 1. The van der Waals surface area contributed by atoms with Crippen LogP contribution in [-0.2, 0) is 17.7 Å². The highest BCUT2D eigenvalue weighted by molar-refractivity contribution is 5.99. The number of hydrogen-bond donors (Lipinski definition) is 1. The average Bonchev–Trinajstić information content (AvgIpc) is 2.54. The molecule has 0 aliphatic heterocycles. The van der Waals surface area contributed by atoms with Gasteiger partial charge in [0.05, 0.1) is 17.9 Å². The zero-order valence-electron chi connectivity index (χ0n) is 16.7. The van der Waals surface area contributed by atoms with E-state index < -0.39 is 0 Å². The maximum absolute atomic E-state index is 12.6. The minimum Gasteiger partial charge on any atom is -0.462 e. The van der Waals surface area contributed by atoms with Gasteiger partial charge in [-0.3, -0.25) is 4.98 Å². The van der Waals surface area contributed by atoms with Crippen LogP contribution in [0.2, 0.25) is 0 Å². The summed E-state index contributed by atoms with van der Waals surface area (Å²) in [6.07, 6.45) is 0.829. The van der Waals surface area contributed by atoms with Gasteiger partial charge in [-0.2, -0.15) is 0 Å². The first kappa shape index (κ1) is 25.4. The first-order valence-corrected chi connectivity index (χ1v) is 8.85. The summed E-state index contributed by atoms with van der Waals surface area (Å²) in [5.41, 5.74) is 12.2. The molecule has 0 fully saturated rings. The number of nitrogens with two attached hydrogens (primary N) is 1. The Balaban J connectivity index is 0.00000338. The Morgan fingerprint density at radius 3 is 2.22 bits per heavy atom. The Kier molecular flexibility index (Phi) is 10.6. The highest BCUT2D eigenvalue weighted by Crippen LogP contribution is 2.33. The van der Waals surface area contributed by atoms with Gasteiger partial charge in [0, 0.05) is 17.8 Å². The van der Waals surface area contributed by atoms with Gasteiger partial charge in [0.15, 0.2) is 0 Å². The molecule has 0 radical (unpaired) electrons. The second-order valence-corrected chi connectivity index (χ2v) is 6.76. The van der Waals surface area contributed by atoms with Crippen LogP contribution >= 0.6 is 24.8 Å². The summed E-state index contributed by atoms with van der Waals surface area (Å²) < 4.78 is 5.30. The van der Waals surface area contributed by atoms with Crippen LogP contribution in [0, 0.1) is 19.8 Å². The van der Waals surface area contributed by atoms with Gasteiger partial charge in [0.25, 0.3) is 0 Å². The molecule has 4 nitrogen and oxygen atoms in total. The number of aryl methyl sites for hydroxylation is 2. The van der Waals surface area contributed by atoms with Crippen LogP contribution in [0.15, 0.2) is 24.3 Å². The van der Waals surface area contributed by atoms with Crippen molar-refractivity contribution < 1.29 is 9.53 Å². The van der Waals surface area contributed by atoms with Crippen molar-refractivity contribution in [2.24, 2.45) is 11.7 Å². The predicted octanol–water partition coefficient (Wildman–Crippen LogP) is 5.04. The molecule has 150 valence electrons. The molecule has 2 rings (SSSR count). The van der Waals surface area contributed by atoms with Crippen LogP contribution in [-0.4, -0.2) is 17.6 Å². The van der Waals surface area contributed by atoms with Crippen LogP contribution in [0.1, 0.15) is 53.6 Å². The van der Waals surface area contributed by atoms with E-state index in [4.69, 9.17) is 15.5 Å². The van der Waals surface area contributed by atoms with E-state index in [9.17, 15) is 4.79 Å². The fourth-order valence-electron chi connectivity index (χ4n) is 3.07. The topological polar surface area (TPSA) is 65.2 Å². The molecular weight excluding hydrogens is 383 g/mol. The number of pyridine rings is 1. The third-order valence-corrected chi connectivity index (χ3v) is 4.19. The molecule has 1 aromatic heterocycles. The zero-order valence-corrected chi connectivity index (χ0v) is 18.3. The minimum atomic E-state index is -0.339. The monoisotopic (exact) mass is 412 g/mol. The van der Waals surface area contributed by atoms with E-state index in [1.807, 2.05) is 45.0 Å². The van der Waals surface area contributed by atoms with Crippen molar-refractivity contribution in [3.8, 4) is 11.1 Å². The highest BCUT2D eigenvalue weighted by atomic mass is 35.5. The molecule has 0 aliphatic carbocycles. The van der Waals surface area contributed by atoms with Crippen molar-refractivity contribution >= 4 is 30.8 Å². The molecule has 0 aliphatic rings. The normalized spacial score (nSPS) is 10.2. The molecule has 0 unspecified atom stereocenters. The molecular formula is C21H30Cl2N2O2. The molecule has 0 spiro atoms. The number of carbonyl (C=O) groups is 1. The van der Waals surface area contributed by atoms with Gasteiger partial charge in [0.2, 0.25) is 0 Å². The molecule has 0 saturated heterocycles. The lowest BCUT2D eigenvalue weighted by atomic mass is 9.90. The van der Waals surface area contributed by atoms with Gasteiger partial charge in [-0.1, -0.05) is 43.7 Å². The quantitative estimate of drug-likeness (QED) is 0.674. The smallest absolute Gasteiger partial charge is 0.340 e.